The molecule has 1 fully saturated rings. The second-order valence-electron chi connectivity index (χ2n) is 8.07. The molecule has 1 aliphatic rings. The van der Waals surface area contributed by atoms with Crippen molar-refractivity contribution in [2.24, 2.45) is 0 Å². The molecule has 1 aliphatic heterocycles. The van der Waals surface area contributed by atoms with E-state index in [0.29, 0.717) is 25.9 Å². The molecule has 8 heteroatoms. The Morgan fingerprint density at radius 3 is 1.50 bits per heavy atom. The quantitative estimate of drug-likeness (QED) is 0.764. The second-order valence-corrected chi connectivity index (χ2v) is 8.07. The van der Waals surface area contributed by atoms with Crippen LogP contribution in [0.15, 0.2) is 0 Å². The van der Waals surface area contributed by atoms with Crippen molar-refractivity contribution in [1.82, 2.24) is 14.7 Å². The molecule has 0 saturated carbocycles. The number of Topliss-reactive ketones (excluding diaryl/α,β-unsaturated/α-hetero) is 1. The fourth-order valence-corrected chi connectivity index (χ4v) is 2.91. The summed E-state index contributed by atoms with van der Waals surface area (Å²) in [5, 5.41) is 19.5. The first kappa shape index (κ1) is 20.2. The number of carboxylic acid groups (broad SMARTS) is 2. The van der Waals surface area contributed by atoms with Gasteiger partial charge in [-0.05, 0) is 41.5 Å². The van der Waals surface area contributed by atoms with Crippen molar-refractivity contribution >= 4 is 18.0 Å². The monoisotopic (exact) mass is 343 g/mol. The Morgan fingerprint density at radius 2 is 1.25 bits per heavy atom. The summed E-state index contributed by atoms with van der Waals surface area (Å²) in [7, 11) is 0. The topological polar surface area (TPSA) is 101 Å². The fourth-order valence-electron chi connectivity index (χ4n) is 2.91. The average Bonchev–Trinajstić information content (AvgIpc) is 2.34. The zero-order valence-corrected chi connectivity index (χ0v) is 15.4. The van der Waals surface area contributed by atoms with Gasteiger partial charge < -0.3 is 10.2 Å². The van der Waals surface area contributed by atoms with Crippen LogP contribution in [0.2, 0.25) is 0 Å². The SMILES string of the molecule is CC(C)(C)N(C(=O)O)C(N1CCC(=O)CC1)N(C(=O)O)C(C)(C)C. The lowest BCUT2D eigenvalue weighted by Gasteiger charge is -2.52. The zero-order chi connectivity index (χ0) is 18.9. The van der Waals surface area contributed by atoms with Gasteiger partial charge in [-0.3, -0.25) is 19.5 Å². The summed E-state index contributed by atoms with van der Waals surface area (Å²) in [6, 6.07) is 0. The van der Waals surface area contributed by atoms with Crippen molar-refractivity contribution in [3.8, 4) is 0 Å². The number of carbonyl (C=O) groups excluding carboxylic acids is 1. The highest BCUT2D eigenvalue weighted by Gasteiger charge is 2.46. The van der Waals surface area contributed by atoms with Crippen LogP contribution in [0.25, 0.3) is 0 Å². The van der Waals surface area contributed by atoms with E-state index in [1.54, 1.807) is 46.4 Å². The van der Waals surface area contributed by atoms with Gasteiger partial charge in [0.25, 0.3) is 0 Å². The molecule has 1 heterocycles. The van der Waals surface area contributed by atoms with Crippen LogP contribution in [0.5, 0.6) is 0 Å². The van der Waals surface area contributed by atoms with E-state index in [0.717, 1.165) is 9.80 Å². The Morgan fingerprint density at radius 1 is 0.917 bits per heavy atom. The van der Waals surface area contributed by atoms with Crippen molar-refractivity contribution < 1.29 is 24.6 Å². The minimum atomic E-state index is -1.19. The van der Waals surface area contributed by atoms with Crippen molar-refractivity contribution in [3.05, 3.63) is 0 Å². The Balaban J connectivity index is 3.41. The van der Waals surface area contributed by atoms with Crippen LogP contribution in [-0.2, 0) is 4.79 Å². The van der Waals surface area contributed by atoms with Crippen LogP contribution in [0.3, 0.4) is 0 Å². The van der Waals surface area contributed by atoms with Gasteiger partial charge in [0.05, 0.1) is 0 Å². The number of likely N-dealkylation sites (tertiary alicyclic amines) is 1. The minimum absolute atomic E-state index is 0.111. The summed E-state index contributed by atoms with van der Waals surface area (Å²) in [5.74, 6) is 0.111. The minimum Gasteiger partial charge on any atom is -0.465 e. The number of carbonyl (C=O) groups is 3. The van der Waals surface area contributed by atoms with E-state index in [2.05, 4.69) is 0 Å². The third-order valence-corrected chi connectivity index (χ3v) is 4.00. The van der Waals surface area contributed by atoms with Gasteiger partial charge in [0, 0.05) is 37.0 Å². The molecule has 0 aromatic carbocycles. The Bertz CT molecular complexity index is 465. The number of nitrogens with zero attached hydrogens (tertiary/aromatic N) is 3. The van der Waals surface area contributed by atoms with Gasteiger partial charge in [-0.1, -0.05) is 0 Å². The Kier molecular flexibility index (Phi) is 5.86. The molecule has 2 N–H and O–H groups in total. The molecule has 0 spiro atoms. The van der Waals surface area contributed by atoms with Crippen LogP contribution in [0.4, 0.5) is 9.59 Å². The molecule has 1 rings (SSSR count). The number of hydrogen-bond acceptors (Lipinski definition) is 4. The Hall–Kier alpha value is -1.83. The molecule has 0 aromatic rings. The van der Waals surface area contributed by atoms with Gasteiger partial charge in [0.1, 0.15) is 5.78 Å². The van der Waals surface area contributed by atoms with E-state index < -0.39 is 29.6 Å². The molecule has 0 atom stereocenters. The number of hydrogen-bond donors (Lipinski definition) is 2. The van der Waals surface area contributed by atoms with E-state index in [1.165, 1.54) is 0 Å². The van der Waals surface area contributed by atoms with Gasteiger partial charge >= 0.3 is 12.2 Å². The van der Waals surface area contributed by atoms with Gasteiger partial charge in [-0.2, -0.15) is 0 Å². The van der Waals surface area contributed by atoms with Crippen LogP contribution in [-0.4, -0.2) is 73.3 Å². The number of ketones is 1. The normalized spacial score (nSPS) is 17.0. The van der Waals surface area contributed by atoms with Gasteiger partial charge in [-0.15, -0.1) is 0 Å². The maximum atomic E-state index is 12.0. The van der Waals surface area contributed by atoms with Gasteiger partial charge in [0.15, 0.2) is 6.29 Å². The van der Waals surface area contributed by atoms with Crippen LogP contribution in [0.1, 0.15) is 54.4 Å². The molecular weight excluding hydrogens is 314 g/mol. The van der Waals surface area contributed by atoms with E-state index in [-0.39, 0.29) is 5.78 Å². The van der Waals surface area contributed by atoms with Crippen LogP contribution in [0, 0.1) is 0 Å². The van der Waals surface area contributed by atoms with E-state index >= 15 is 0 Å². The van der Waals surface area contributed by atoms with Crippen molar-refractivity contribution in [3.63, 3.8) is 0 Å². The molecule has 1 saturated heterocycles. The van der Waals surface area contributed by atoms with E-state index in [4.69, 9.17) is 0 Å². The molecule has 0 aliphatic carbocycles. The standard InChI is InChI=1S/C16H29N3O5/c1-15(2,3)18(13(21)22)12(17-9-7-11(20)8-10-17)19(14(23)24)16(4,5)6/h12H,7-10H2,1-6H3,(H,21,22)(H,23,24). The predicted molar refractivity (Wildman–Crippen MR) is 88.8 cm³/mol. The summed E-state index contributed by atoms with van der Waals surface area (Å²) in [6.45, 7) is 11.0. The first-order valence-electron chi connectivity index (χ1n) is 8.07. The molecule has 0 aromatic heterocycles. The zero-order valence-electron chi connectivity index (χ0n) is 15.4. The predicted octanol–water partition coefficient (Wildman–Crippen LogP) is 2.49. The maximum absolute atomic E-state index is 12.0. The summed E-state index contributed by atoms with van der Waals surface area (Å²) < 4.78 is 0. The van der Waals surface area contributed by atoms with E-state index in [9.17, 15) is 24.6 Å². The van der Waals surface area contributed by atoms with Crippen molar-refractivity contribution in [2.75, 3.05) is 13.1 Å². The number of amides is 2. The summed E-state index contributed by atoms with van der Waals surface area (Å²) in [6.07, 6.45) is -2.79. The molecule has 0 unspecified atom stereocenters. The molecule has 2 amide bonds. The molecule has 0 bridgehead atoms. The van der Waals surface area contributed by atoms with Crippen LogP contribution >= 0.6 is 0 Å². The Labute approximate surface area is 143 Å². The van der Waals surface area contributed by atoms with Gasteiger partial charge in [-0.25, -0.2) is 9.59 Å². The summed E-state index contributed by atoms with van der Waals surface area (Å²) in [5.41, 5.74) is -1.62. The maximum Gasteiger partial charge on any atom is 0.410 e. The lowest BCUT2D eigenvalue weighted by atomic mass is 10.0. The van der Waals surface area contributed by atoms with E-state index in [1.807, 2.05) is 0 Å². The summed E-state index contributed by atoms with van der Waals surface area (Å²) >= 11 is 0. The number of rotatable bonds is 3. The van der Waals surface area contributed by atoms with Crippen LogP contribution < -0.4 is 0 Å². The first-order chi connectivity index (χ1) is 10.8. The molecule has 0 radical (unpaired) electrons. The third-order valence-electron chi connectivity index (χ3n) is 4.00. The van der Waals surface area contributed by atoms with Crippen molar-refractivity contribution in [2.45, 2.75) is 71.8 Å². The highest BCUT2D eigenvalue weighted by atomic mass is 16.4. The highest BCUT2D eigenvalue weighted by Crippen LogP contribution is 2.29. The number of piperidine rings is 1. The lowest BCUT2D eigenvalue weighted by Crippen LogP contribution is -2.69. The molecular formula is C16H29N3O5. The van der Waals surface area contributed by atoms with Crippen molar-refractivity contribution in [1.29, 1.82) is 0 Å². The smallest absolute Gasteiger partial charge is 0.410 e. The summed E-state index contributed by atoms with van der Waals surface area (Å²) in [4.78, 5) is 39.5. The average molecular weight is 343 g/mol. The first-order valence-corrected chi connectivity index (χ1v) is 8.07. The third kappa shape index (κ3) is 4.59. The fraction of sp³-hybridized carbons (Fsp3) is 0.812. The molecule has 138 valence electrons. The molecule has 8 nitrogen and oxygen atoms in total. The largest absolute Gasteiger partial charge is 0.465 e. The highest BCUT2D eigenvalue weighted by molar-refractivity contribution is 5.79. The second kappa shape index (κ2) is 6.96. The molecule has 24 heavy (non-hydrogen) atoms. The van der Waals surface area contributed by atoms with Gasteiger partial charge in [0.2, 0.25) is 0 Å². The lowest BCUT2D eigenvalue weighted by molar-refractivity contribution is -0.132.